The summed E-state index contributed by atoms with van der Waals surface area (Å²) in [6.45, 7) is 1.68. The van der Waals surface area contributed by atoms with E-state index in [9.17, 15) is 4.79 Å². The molecular weight excluding hydrogens is 292 g/mol. The topological polar surface area (TPSA) is 82.2 Å². The van der Waals surface area contributed by atoms with Crippen molar-refractivity contribution in [3.05, 3.63) is 24.3 Å². The fourth-order valence-electron chi connectivity index (χ4n) is 4.17. The van der Waals surface area contributed by atoms with E-state index in [-0.39, 0.29) is 5.92 Å². The lowest BCUT2D eigenvalue weighted by molar-refractivity contribution is -0.138. The standard InChI is InChI=1S/C16H24N6O/c23-16(11-3-4-14-15(8-11)20-21-19-14)22-7-1-2-12(9-22)13-5-6-17-10-18-13/h5-6,10-12,14-15,19-21H,1-4,7-9H2. The zero-order valence-electron chi connectivity index (χ0n) is 13.2. The molecule has 4 rings (SSSR count). The smallest absolute Gasteiger partial charge is 0.225 e. The Bertz CT molecular complexity index is 553. The Balaban J connectivity index is 1.40. The number of amides is 1. The van der Waals surface area contributed by atoms with Gasteiger partial charge < -0.3 is 4.90 Å². The maximum atomic E-state index is 12.9. The Hall–Kier alpha value is -1.57. The molecule has 3 N–H and O–H groups in total. The maximum Gasteiger partial charge on any atom is 0.225 e. The number of nitrogens with one attached hydrogen (secondary N) is 3. The molecule has 3 heterocycles. The number of hydrogen-bond acceptors (Lipinski definition) is 6. The lowest BCUT2D eigenvalue weighted by atomic mass is 9.82. The first-order valence-electron chi connectivity index (χ1n) is 8.62. The van der Waals surface area contributed by atoms with Gasteiger partial charge in [-0.1, -0.05) is 0 Å². The summed E-state index contributed by atoms with van der Waals surface area (Å²) < 4.78 is 0. The van der Waals surface area contributed by atoms with Gasteiger partial charge in [-0.3, -0.25) is 4.79 Å². The highest BCUT2D eigenvalue weighted by Crippen LogP contribution is 2.31. The molecule has 2 aliphatic heterocycles. The van der Waals surface area contributed by atoms with Gasteiger partial charge in [-0.15, -0.1) is 0 Å². The van der Waals surface area contributed by atoms with Gasteiger partial charge in [-0.25, -0.2) is 20.8 Å². The normalized spacial score (nSPS) is 34.2. The van der Waals surface area contributed by atoms with Gasteiger partial charge in [0.25, 0.3) is 0 Å². The Morgan fingerprint density at radius 3 is 3.00 bits per heavy atom. The number of aromatic nitrogens is 2. The van der Waals surface area contributed by atoms with E-state index in [0.717, 1.165) is 50.9 Å². The minimum Gasteiger partial charge on any atom is -0.342 e. The van der Waals surface area contributed by atoms with Gasteiger partial charge in [-0.2, -0.15) is 5.53 Å². The van der Waals surface area contributed by atoms with Crippen LogP contribution < -0.4 is 16.4 Å². The minimum atomic E-state index is 0.148. The quantitative estimate of drug-likeness (QED) is 0.729. The lowest BCUT2D eigenvalue weighted by Gasteiger charge is -2.37. The van der Waals surface area contributed by atoms with Gasteiger partial charge in [0.15, 0.2) is 0 Å². The molecule has 0 bridgehead atoms. The van der Waals surface area contributed by atoms with E-state index in [4.69, 9.17) is 0 Å². The molecule has 3 aliphatic rings. The second kappa shape index (κ2) is 6.51. The molecule has 0 aromatic carbocycles. The second-order valence-electron chi connectivity index (χ2n) is 6.89. The van der Waals surface area contributed by atoms with Crippen molar-refractivity contribution >= 4 is 5.91 Å². The van der Waals surface area contributed by atoms with E-state index in [1.807, 2.05) is 6.07 Å². The summed E-state index contributed by atoms with van der Waals surface area (Å²) >= 11 is 0. The van der Waals surface area contributed by atoms with Crippen molar-refractivity contribution < 1.29 is 4.79 Å². The van der Waals surface area contributed by atoms with Gasteiger partial charge in [0.05, 0.1) is 0 Å². The number of piperidine rings is 1. The third-order valence-corrected chi connectivity index (χ3v) is 5.47. The summed E-state index contributed by atoms with van der Waals surface area (Å²) in [6.07, 6.45) is 8.48. The Labute approximate surface area is 136 Å². The van der Waals surface area contributed by atoms with E-state index in [1.165, 1.54) is 0 Å². The van der Waals surface area contributed by atoms with Gasteiger partial charge in [0.1, 0.15) is 6.33 Å². The van der Waals surface area contributed by atoms with E-state index in [0.29, 0.717) is 23.9 Å². The molecule has 124 valence electrons. The van der Waals surface area contributed by atoms with Crippen LogP contribution in [0.3, 0.4) is 0 Å². The predicted octanol–water partition coefficient (Wildman–Crippen LogP) is 0.332. The number of carbonyl (C=O) groups is 1. The summed E-state index contributed by atoms with van der Waals surface area (Å²) in [4.78, 5) is 23.4. The van der Waals surface area contributed by atoms with Crippen LogP contribution in [0.4, 0.5) is 0 Å². The summed E-state index contributed by atoms with van der Waals surface area (Å²) in [6, 6.07) is 2.79. The van der Waals surface area contributed by atoms with Crippen molar-refractivity contribution in [2.45, 2.75) is 50.1 Å². The molecule has 1 aromatic rings. The molecule has 2 saturated heterocycles. The van der Waals surface area contributed by atoms with Crippen LogP contribution >= 0.6 is 0 Å². The van der Waals surface area contributed by atoms with Gasteiger partial charge in [-0.05, 0) is 38.2 Å². The van der Waals surface area contributed by atoms with E-state index in [2.05, 4.69) is 31.3 Å². The first-order chi connectivity index (χ1) is 11.3. The van der Waals surface area contributed by atoms with E-state index < -0.39 is 0 Å². The third kappa shape index (κ3) is 3.08. The predicted molar refractivity (Wildman–Crippen MR) is 84.9 cm³/mol. The summed E-state index contributed by atoms with van der Waals surface area (Å²) in [5.74, 6) is 0.825. The van der Waals surface area contributed by atoms with Gasteiger partial charge in [0, 0.05) is 48.9 Å². The molecule has 7 heteroatoms. The number of fused-ring (bicyclic) bond motifs is 1. The van der Waals surface area contributed by atoms with Crippen molar-refractivity contribution in [1.82, 2.24) is 31.3 Å². The zero-order chi connectivity index (χ0) is 15.6. The number of likely N-dealkylation sites (tertiary alicyclic amines) is 1. The average molecular weight is 316 g/mol. The average Bonchev–Trinajstić information content (AvgIpc) is 3.09. The molecule has 4 unspecified atom stereocenters. The second-order valence-corrected chi connectivity index (χ2v) is 6.89. The Morgan fingerprint density at radius 1 is 1.22 bits per heavy atom. The largest absolute Gasteiger partial charge is 0.342 e. The van der Waals surface area contributed by atoms with E-state index in [1.54, 1.807) is 12.5 Å². The highest BCUT2D eigenvalue weighted by Gasteiger charge is 2.38. The monoisotopic (exact) mass is 316 g/mol. The third-order valence-electron chi connectivity index (χ3n) is 5.47. The number of carbonyl (C=O) groups excluding carboxylic acids is 1. The van der Waals surface area contributed by atoms with E-state index >= 15 is 0 Å². The molecule has 1 aromatic heterocycles. The minimum absolute atomic E-state index is 0.148. The van der Waals surface area contributed by atoms with Crippen molar-refractivity contribution in [2.24, 2.45) is 5.92 Å². The highest BCUT2D eigenvalue weighted by molar-refractivity contribution is 5.79. The Kier molecular flexibility index (Phi) is 4.24. The number of rotatable bonds is 2. The molecule has 0 radical (unpaired) electrons. The highest BCUT2D eigenvalue weighted by atomic mass is 16.2. The molecule has 0 spiro atoms. The molecule has 3 fully saturated rings. The fourth-order valence-corrected chi connectivity index (χ4v) is 4.17. The van der Waals surface area contributed by atoms with Crippen LogP contribution in [0.5, 0.6) is 0 Å². The number of hydrazine groups is 2. The van der Waals surface area contributed by atoms with Crippen molar-refractivity contribution in [2.75, 3.05) is 13.1 Å². The molecule has 1 aliphatic carbocycles. The molecule has 7 nitrogen and oxygen atoms in total. The Morgan fingerprint density at radius 2 is 2.13 bits per heavy atom. The maximum absolute atomic E-state index is 12.9. The van der Waals surface area contributed by atoms with Crippen LogP contribution in [-0.4, -0.2) is 45.9 Å². The SMILES string of the molecule is O=C(C1CCC2NNNC2C1)N1CCCC(c2ccncn2)C1. The zero-order valence-corrected chi connectivity index (χ0v) is 13.2. The van der Waals surface area contributed by atoms with Crippen LogP contribution in [-0.2, 0) is 4.79 Å². The lowest BCUT2D eigenvalue weighted by Crippen LogP contribution is -2.47. The summed E-state index contributed by atoms with van der Waals surface area (Å²) in [7, 11) is 0. The first kappa shape index (κ1) is 15.0. The van der Waals surface area contributed by atoms with Crippen LogP contribution in [0.1, 0.15) is 43.7 Å². The number of hydrogen-bond donors (Lipinski definition) is 3. The molecule has 1 amide bonds. The van der Waals surface area contributed by atoms with Crippen LogP contribution in [0.2, 0.25) is 0 Å². The molecule has 1 saturated carbocycles. The van der Waals surface area contributed by atoms with Crippen LogP contribution in [0.25, 0.3) is 0 Å². The molecule has 23 heavy (non-hydrogen) atoms. The molecule has 4 atom stereocenters. The van der Waals surface area contributed by atoms with Crippen LogP contribution in [0.15, 0.2) is 18.6 Å². The van der Waals surface area contributed by atoms with Gasteiger partial charge in [0.2, 0.25) is 5.91 Å². The molecular formula is C16H24N6O. The summed E-state index contributed by atoms with van der Waals surface area (Å²) in [5.41, 5.74) is 10.5. The van der Waals surface area contributed by atoms with Crippen molar-refractivity contribution in [3.8, 4) is 0 Å². The van der Waals surface area contributed by atoms with Crippen molar-refractivity contribution in [1.29, 1.82) is 0 Å². The fraction of sp³-hybridized carbons (Fsp3) is 0.688. The summed E-state index contributed by atoms with van der Waals surface area (Å²) in [5, 5.41) is 0. The number of nitrogens with zero attached hydrogens (tertiary/aromatic N) is 3. The van der Waals surface area contributed by atoms with Gasteiger partial charge >= 0.3 is 0 Å². The van der Waals surface area contributed by atoms with Crippen molar-refractivity contribution in [3.63, 3.8) is 0 Å². The first-order valence-corrected chi connectivity index (χ1v) is 8.62. The van der Waals surface area contributed by atoms with Crippen LogP contribution in [0, 0.1) is 5.92 Å².